The van der Waals surface area contributed by atoms with Crippen molar-refractivity contribution in [3.63, 3.8) is 0 Å². The number of anilines is 1. The second kappa shape index (κ2) is 5.82. The maximum atomic E-state index is 11.7. The zero-order valence-corrected chi connectivity index (χ0v) is 11.6. The predicted octanol–water partition coefficient (Wildman–Crippen LogP) is 3.10. The number of halogens is 2. The lowest BCUT2D eigenvalue weighted by Crippen LogP contribution is -2.33. The van der Waals surface area contributed by atoms with Crippen molar-refractivity contribution in [2.75, 3.05) is 24.2 Å². The lowest BCUT2D eigenvalue weighted by Gasteiger charge is -2.14. The zero-order chi connectivity index (χ0) is 13.1. The van der Waals surface area contributed by atoms with E-state index in [1.807, 2.05) is 0 Å². The fourth-order valence-electron chi connectivity index (χ4n) is 1.52. The predicted molar refractivity (Wildman–Crippen MR) is 74.5 cm³/mol. The molecule has 1 fully saturated rings. The van der Waals surface area contributed by atoms with Crippen molar-refractivity contribution < 1.29 is 9.59 Å². The summed E-state index contributed by atoms with van der Waals surface area (Å²) in [5, 5.41) is 3.47. The highest BCUT2D eigenvalue weighted by atomic mass is 35.5. The Morgan fingerprint density at radius 2 is 2.22 bits per heavy atom. The number of carbonyl (C=O) groups is 2. The van der Waals surface area contributed by atoms with Crippen LogP contribution in [0.2, 0.25) is 10.0 Å². The molecular weight excluding hydrogens is 295 g/mol. The summed E-state index contributed by atoms with van der Waals surface area (Å²) in [5.74, 6) is 0.462. The Balaban J connectivity index is 1.96. The Morgan fingerprint density at radius 3 is 2.83 bits per heavy atom. The molecule has 1 aliphatic rings. The highest BCUT2D eigenvalue weighted by Crippen LogP contribution is 2.25. The van der Waals surface area contributed by atoms with Gasteiger partial charge in [-0.25, -0.2) is 0 Å². The van der Waals surface area contributed by atoms with E-state index >= 15 is 0 Å². The van der Waals surface area contributed by atoms with E-state index in [9.17, 15) is 9.59 Å². The van der Waals surface area contributed by atoms with E-state index in [-0.39, 0.29) is 17.7 Å². The molecule has 1 saturated heterocycles. The molecular formula is C11H10Cl2N2O2S. The molecule has 1 N–H and O–H groups in total. The number of thioether (sulfide) groups is 1. The summed E-state index contributed by atoms with van der Waals surface area (Å²) in [4.78, 5) is 24.6. The minimum atomic E-state index is -0.268. The minimum absolute atomic E-state index is 0.0464. The summed E-state index contributed by atoms with van der Waals surface area (Å²) in [5.41, 5.74) is 0.491. The van der Waals surface area contributed by atoms with E-state index in [1.165, 1.54) is 16.7 Å². The number of rotatable bonds is 3. The Morgan fingerprint density at radius 1 is 1.44 bits per heavy atom. The highest BCUT2D eigenvalue weighted by molar-refractivity contribution is 8.13. The number of benzene rings is 1. The fourth-order valence-corrected chi connectivity index (χ4v) is 2.80. The molecule has 0 bridgehead atoms. The average Bonchev–Trinajstić information content (AvgIpc) is 2.69. The van der Waals surface area contributed by atoms with E-state index in [0.717, 1.165) is 5.75 Å². The van der Waals surface area contributed by atoms with E-state index in [2.05, 4.69) is 5.32 Å². The molecule has 0 unspecified atom stereocenters. The SMILES string of the molecule is O=C(CN1CCSC1=O)Nc1ccc(Cl)cc1Cl. The van der Waals surface area contributed by atoms with Gasteiger partial charge in [0, 0.05) is 17.3 Å². The van der Waals surface area contributed by atoms with Gasteiger partial charge in [0.1, 0.15) is 6.54 Å². The molecule has 0 aromatic heterocycles. The van der Waals surface area contributed by atoms with E-state index in [1.54, 1.807) is 18.2 Å². The molecule has 0 radical (unpaired) electrons. The topological polar surface area (TPSA) is 49.4 Å². The van der Waals surface area contributed by atoms with Crippen LogP contribution in [0.5, 0.6) is 0 Å². The maximum absolute atomic E-state index is 11.7. The second-order valence-electron chi connectivity index (χ2n) is 3.71. The molecule has 96 valence electrons. The first kappa shape index (κ1) is 13.5. The van der Waals surface area contributed by atoms with Crippen LogP contribution >= 0.6 is 35.0 Å². The van der Waals surface area contributed by atoms with Crippen molar-refractivity contribution >= 4 is 51.8 Å². The maximum Gasteiger partial charge on any atom is 0.282 e. The number of nitrogens with one attached hydrogen (secondary N) is 1. The first-order valence-electron chi connectivity index (χ1n) is 5.23. The average molecular weight is 305 g/mol. The smallest absolute Gasteiger partial charge is 0.282 e. The molecule has 0 saturated carbocycles. The Labute approximate surface area is 119 Å². The van der Waals surface area contributed by atoms with Crippen molar-refractivity contribution in [1.29, 1.82) is 0 Å². The summed E-state index contributed by atoms with van der Waals surface area (Å²) in [6.45, 7) is 0.649. The van der Waals surface area contributed by atoms with Gasteiger partial charge < -0.3 is 10.2 Å². The van der Waals surface area contributed by atoms with Gasteiger partial charge in [-0.2, -0.15) is 0 Å². The zero-order valence-electron chi connectivity index (χ0n) is 9.28. The van der Waals surface area contributed by atoms with Gasteiger partial charge in [0.05, 0.1) is 10.7 Å². The lowest BCUT2D eigenvalue weighted by molar-refractivity contribution is -0.116. The summed E-state index contributed by atoms with van der Waals surface area (Å²) in [6, 6.07) is 4.82. The summed E-state index contributed by atoms with van der Waals surface area (Å²) in [6.07, 6.45) is 0. The van der Waals surface area contributed by atoms with Crippen LogP contribution in [0.1, 0.15) is 0 Å². The quantitative estimate of drug-likeness (QED) is 0.933. The van der Waals surface area contributed by atoms with Crippen LogP contribution in [0.15, 0.2) is 18.2 Å². The standard InChI is InChI=1S/C11H10Cl2N2O2S/c12-7-1-2-9(8(13)5-7)14-10(16)6-15-3-4-18-11(15)17/h1-2,5H,3-4,6H2,(H,14,16). The first-order chi connectivity index (χ1) is 8.56. The van der Waals surface area contributed by atoms with Crippen LogP contribution in [-0.4, -0.2) is 34.9 Å². The van der Waals surface area contributed by atoms with Gasteiger partial charge in [0.25, 0.3) is 5.24 Å². The molecule has 0 atom stereocenters. The Bertz CT molecular complexity index is 496. The molecule has 1 aliphatic heterocycles. The monoisotopic (exact) mass is 304 g/mol. The Hall–Kier alpha value is -0.910. The van der Waals surface area contributed by atoms with Gasteiger partial charge in [0.15, 0.2) is 0 Å². The van der Waals surface area contributed by atoms with Gasteiger partial charge in [-0.3, -0.25) is 9.59 Å². The Kier molecular flexibility index (Phi) is 4.37. The van der Waals surface area contributed by atoms with Gasteiger partial charge in [-0.15, -0.1) is 0 Å². The molecule has 2 rings (SSSR count). The lowest BCUT2D eigenvalue weighted by atomic mass is 10.3. The molecule has 1 heterocycles. The first-order valence-corrected chi connectivity index (χ1v) is 6.97. The normalized spacial score (nSPS) is 15.0. The molecule has 2 amide bonds. The second-order valence-corrected chi connectivity index (χ2v) is 5.60. The number of amides is 2. The molecule has 18 heavy (non-hydrogen) atoms. The summed E-state index contributed by atoms with van der Waals surface area (Å²) in [7, 11) is 0. The van der Waals surface area contributed by atoms with Crippen LogP contribution in [0.3, 0.4) is 0 Å². The van der Waals surface area contributed by atoms with Crippen molar-refractivity contribution in [2.45, 2.75) is 0 Å². The summed E-state index contributed by atoms with van der Waals surface area (Å²) < 4.78 is 0. The third-order valence-corrected chi connectivity index (χ3v) is 3.82. The third-order valence-electron chi connectivity index (χ3n) is 2.38. The summed E-state index contributed by atoms with van der Waals surface area (Å²) >= 11 is 12.9. The largest absolute Gasteiger partial charge is 0.323 e. The van der Waals surface area contributed by atoms with Crippen LogP contribution in [0.25, 0.3) is 0 Å². The van der Waals surface area contributed by atoms with Crippen LogP contribution in [-0.2, 0) is 4.79 Å². The van der Waals surface area contributed by atoms with Crippen molar-refractivity contribution in [3.05, 3.63) is 28.2 Å². The van der Waals surface area contributed by atoms with Gasteiger partial charge in [0.2, 0.25) is 5.91 Å². The number of hydrogen-bond acceptors (Lipinski definition) is 3. The minimum Gasteiger partial charge on any atom is -0.323 e. The molecule has 7 heteroatoms. The van der Waals surface area contributed by atoms with Crippen LogP contribution < -0.4 is 5.32 Å². The van der Waals surface area contributed by atoms with Gasteiger partial charge in [-0.05, 0) is 18.2 Å². The van der Waals surface area contributed by atoms with Crippen LogP contribution in [0.4, 0.5) is 10.5 Å². The van der Waals surface area contributed by atoms with Gasteiger partial charge >= 0.3 is 0 Å². The van der Waals surface area contributed by atoms with E-state index in [4.69, 9.17) is 23.2 Å². The fraction of sp³-hybridized carbons (Fsp3) is 0.273. The number of carbonyl (C=O) groups excluding carboxylic acids is 2. The molecule has 0 spiro atoms. The highest BCUT2D eigenvalue weighted by Gasteiger charge is 2.23. The van der Waals surface area contributed by atoms with E-state index in [0.29, 0.717) is 22.3 Å². The molecule has 4 nitrogen and oxygen atoms in total. The van der Waals surface area contributed by atoms with E-state index < -0.39 is 0 Å². The van der Waals surface area contributed by atoms with Crippen molar-refractivity contribution in [3.8, 4) is 0 Å². The third kappa shape index (κ3) is 3.31. The number of hydrogen-bond donors (Lipinski definition) is 1. The number of nitrogens with zero attached hydrogens (tertiary/aromatic N) is 1. The molecule has 1 aromatic rings. The molecule has 0 aliphatic carbocycles. The van der Waals surface area contributed by atoms with Crippen LogP contribution in [0, 0.1) is 0 Å². The van der Waals surface area contributed by atoms with Crippen molar-refractivity contribution in [2.24, 2.45) is 0 Å². The van der Waals surface area contributed by atoms with Crippen molar-refractivity contribution in [1.82, 2.24) is 4.90 Å². The van der Waals surface area contributed by atoms with Gasteiger partial charge in [-0.1, -0.05) is 35.0 Å². The molecule has 1 aromatic carbocycles.